The van der Waals surface area contributed by atoms with Crippen molar-refractivity contribution in [3.05, 3.63) is 29.8 Å². The van der Waals surface area contributed by atoms with Crippen LogP contribution in [-0.4, -0.2) is 29.9 Å². The highest BCUT2D eigenvalue weighted by atomic mass is 16.3. The lowest BCUT2D eigenvalue weighted by molar-refractivity contribution is 0.170. The SMILES string of the molecule is NCCC(O)c1cccc(NCCCCCO)c1. The van der Waals surface area contributed by atoms with Gasteiger partial charge < -0.3 is 21.3 Å². The third-order valence-electron chi connectivity index (χ3n) is 2.88. The van der Waals surface area contributed by atoms with Crippen molar-refractivity contribution in [1.82, 2.24) is 0 Å². The van der Waals surface area contributed by atoms with Crippen molar-refractivity contribution in [3.8, 4) is 0 Å². The molecule has 1 aromatic rings. The minimum Gasteiger partial charge on any atom is -0.396 e. The molecule has 0 saturated heterocycles. The van der Waals surface area contributed by atoms with Crippen LogP contribution in [0.4, 0.5) is 5.69 Å². The van der Waals surface area contributed by atoms with Crippen LogP contribution in [-0.2, 0) is 0 Å². The predicted molar refractivity (Wildman–Crippen MR) is 74.5 cm³/mol. The fourth-order valence-electron chi connectivity index (χ4n) is 1.83. The van der Waals surface area contributed by atoms with Gasteiger partial charge in [0.1, 0.15) is 0 Å². The van der Waals surface area contributed by atoms with Crippen LogP contribution in [0.3, 0.4) is 0 Å². The molecule has 0 spiro atoms. The zero-order chi connectivity index (χ0) is 13.2. The molecular weight excluding hydrogens is 228 g/mol. The first-order valence-electron chi connectivity index (χ1n) is 6.60. The monoisotopic (exact) mass is 252 g/mol. The second kappa shape index (κ2) is 8.91. The Balaban J connectivity index is 2.39. The molecule has 0 aromatic heterocycles. The van der Waals surface area contributed by atoms with E-state index in [0.29, 0.717) is 13.0 Å². The van der Waals surface area contributed by atoms with Gasteiger partial charge in [-0.3, -0.25) is 0 Å². The summed E-state index contributed by atoms with van der Waals surface area (Å²) in [6.07, 6.45) is 3.03. The number of aliphatic hydroxyl groups excluding tert-OH is 2. The summed E-state index contributed by atoms with van der Waals surface area (Å²) in [5.41, 5.74) is 7.36. The molecule has 0 heterocycles. The van der Waals surface area contributed by atoms with Crippen LogP contribution in [0.15, 0.2) is 24.3 Å². The van der Waals surface area contributed by atoms with Gasteiger partial charge in [0.05, 0.1) is 6.10 Å². The number of rotatable bonds is 9. The van der Waals surface area contributed by atoms with E-state index in [0.717, 1.165) is 37.1 Å². The van der Waals surface area contributed by atoms with Crippen LogP contribution in [0, 0.1) is 0 Å². The predicted octanol–water partition coefficient (Wildman–Crippen LogP) is 1.64. The smallest absolute Gasteiger partial charge is 0.0802 e. The molecule has 0 aliphatic carbocycles. The van der Waals surface area contributed by atoms with Gasteiger partial charge in [-0.05, 0) is 49.9 Å². The molecule has 0 radical (unpaired) electrons. The van der Waals surface area contributed by atoms with Crippen molar-refractivity contribution in [2.45, 2.75) is 31.8 Å². The molecule has 0 saturated carbocycles. The summed E-state index contributed by atoms with van der Waals surface area (Å²) in [5, 5.41) is 21.8. The Hall–Kier alpha value is -1.10. The van der Waals surface area contributed by atoms with Crippen LogP contribution in [0.2, 0.25) is 0 Å². The van der Waals surface area contributed by atoms with Crippen LogP contribution in [0.25, 0.3) is 0 Å². The number of nitrogens with two attached hydrogens (primary N) is 1. The Morgan fingerprint density at radius 1 is 1.22 bits per heavy atom. The molecule has 0 aliphatic heterocycles. The average molecular weight is 252 g/mol. The normalized spacial score (nSPS) is 12.4. The first kappa shape index (κ1) is 15.0. The van der Waals surface area contributed by atoms with E-state index in [4.69, 9.17) is 10.8 Å². The fourth-order valence-corrected chi connectivity index (χ4v) is 1.83. The Kier molecular flexibility index (Phi) is 7.41. The van der Waals surface area contributed by atoms with Gasteiger partial charge in [-0.25, -0.2) is 0 Å². The lowest BCUT2D eigenvalue weighted by Gasteiger charge is -2.12. The van der Waals surface area contributed by atoms with E-state index in [2.05, 4.69) is 5.32 Å². The van der Waals surface area contributed by atoms with Gasteiger partial charge in [0.2, 0.25) is 0 Å². The van der Waals surface area contributed by atoms with Crippen molar-refractivity contribution in [2.75, 3.05) is 25.0 Å². The molecule has 0 amide bonds. The van der Waals surface area contributed by atoms with E-state index in [1.807, 2.05) is 24.3 Å². The first-order valence-corrected chi connectivity index (χ1v) is 6.60. The topological polar surface area (TPSA) is 78.5 Å². The number of hydrogen-bond donors (Lipinski definition) is 4. The molecule has 1 atom stereocenters. The summed E-state index contributed by atoms with van der Waals surface area (Å²) >= 11 is 0. The van der Waals surface area contributed by atoms with E-state index in [9.17, 15) is 5.11 Å². The van der Waals surface area contributed by atoms with Gasteiger partial charge in [0.15, 0.2) is 0 Å². The number of hydrogen-bond acceptors (Lipinski definition) is 4. The van der Waals surface area contributed by atoms with Crippen LogP contribution >= 0.6 is 0 Å². The van der Waals surface area contributed by atoms with Crippen LogP contribution in [0.1, 0.15) is 37.4 Å². The molecule has 0 aliphatic rings. The zero-order valence-corrected chi connectivity index (χ0v) is 10.8. The van der Waals surface area contributed by atoms with Crippen LogP contribution < -0.4 is 11.1 Å². The Morgan fingerprint density at radius 2 is 2.06 bits per heavy atom. The van der Waals surface area contributed by atoms with Crippen molar-refractivity contribution < 1.29 is 10.2 Å². The maximum atomic E-state index is 9.85. The summed E-state index contributed by atoms with van der Waals surface area (Å²) in [6.45, 7) is 1.64. The minimum absolute atomic E-state index is 0.265. The molecule has 1 rings (SSSR count). The summed E-state index contributed by atoms with van der Waals surface area (Å²) in [7, 11) is 0. The number of benzene rings is 1. The zero-order valence-electron chi connectivity index (χ0n) is 10.8. The fraction of sp³-hybridized carbons (Fsp3) is 0.571. The van der Waals surface area contributed by atoms with Gasteiger partial charge in [-0.2, -0.15) is 0 Å². The third kappa shape index (κ3) is 5.49. The van der Waals surface area contributed by atoms with E-state index >= 15 is 0 Å². The molecule has 0 fully saturated rings. The molecule has 0 bridgehead atoms. The average Bonchev–Trinajstić information content (AvgIpc) is 2.39. The van der Waals surface area contributed by atoms with Crippen molar-refractivity contribution in [1.29, 1.82) is 0 Å². The standard InChI is InChI=1S/C14H24N2O2/c15-8-7-14(18)12-5-4-6-13(11-12)16-9-2-1-3-10-17/h4-6,11,14,16-18H,1-3,7-10,15H2. The summed E-state index contributed by atoms with van der Waals surface area (Å²) in [6, 6.07) is 7.81. The van der Waals surface area contributed by atoms with Gasteiger partial charge in [0, 0.05) is 18.8 Å². The quantitative estimate of drug-likeness (QED) is 0.504. The summed E-state index contributed by atoms with van der Waals surface area (Å²) < 4.78 is 0. The Bertz CT molecular complexity index is 331. The van der Waals surface area contributed by atoms with Gasteiger partial charge >= 0.3 is 0 Å². The highest BCUT2D eigenvalue weighted by molar-refractivity contribution is 5.46. The highest BCUT2D eigenvalue weighted by Gasteiger charge is 2.06. The van der Waals surface area contributed by atoms with Gasteiger partial charge in [0.25, 0.3) is 0 Å². The Morgan fingerprint density at radius 3 is 2.78 bits per heavy atom. The molecule has 1 unspecified atom stereocenters. The first-order chi connectivity index (χ1) is 8.77. The summed E-state index contributed by atoms with van der Waals surface area (Å²) in [5.74, 6) is 0. The largest absolute Gasteiger partial charge is 0.396 e. The Labute approximate surface area is 109 Å². The van der Waals surface area contributed by atoms with Crippen molar-refractivity contribution in [3.63, 3.8) is 0 Å². The second-order valence-electron chi connectivity index (χ2n) is 4.43. The number of anilines is 1. The molecule has 102 valence electrons. The lowest BCUT2D eigenvalue weighted by Crippen LogP contribution is -2.07. The molecule has 1 aromatic carbocycles. The minimum atomic E-state index is -0.480. The van der Waals surface area contributed by atoms with E-state index in [1.165, 1.54) is 0 Å². The summed E-state index contributed by atoms with van der Waals surface area (Å²) in [4.78, 5) is 0. The van der Waals surface area contributed by atoms with Gasteiger partial charge in [-0.15, -0.1) is 0 Å². The molecular formula is C14H24N2O2. The second-order valence-corrected chi connectivity index (χ2v) is 4.43. The van der Waals surface area contributed by atoms with E-state index in [-0.39, 0.29) is 6.61 Å². The maximum absolute atomic E-state index is 9.85. The molecule has 4 nitrogen and oxygen atoms in total. The maximum Gasteiger partial charge on any atom is 0.0802 e. The number of unbranched alkanes of at least 4 members (excludes halogenated alkanes) is 2. The molecule has 4 heteroatoms. The third-order valence-corrected chi connectivity index (χ3v) is 2.88. The van der Waals surface area contributed by atoms with E-state index in [1.54, 1.807) is 0 Å². The highest BCUT2D eigenvalue weighted by Crippen LogP contribution is 2.19. The lowest BCUT2D eigenvalue weighted by atomic mass is 10.1. The molecule has 5 N–H and O–H groups in total. The van der Waals surface area contributed by atoms with Gasteiger partial charge in [-0.1, -0.05) is 12.1 Å². The van der Waals surface area contributed by atoms with E-state index < -0.39 is 6.10 Å². The number of aliphatic hydroxyl groups is 2. The van der Waals surface area contributed by atoms with Crippen LogP contribution in [0.5, 0.6) is 0 Å². The van der Waals surface area contributed by atoms with Crippen molar-refractivity contribution >= 4 is 5.69 Å². The number of nitrogens with one attached hydrogen (secondary N) is 1. The van der Waals surface area contributed by atoms with Crippen molar-refractivity contribution in [2.24, 2.45) is 5.73 Å². The molecule has 18 heavy (non-hydrogen) atoms.